The van der Waals surface area contributed by atoms with Crippen LogP contribution in [0.2, 0.25) is 0 Å². The zero-order valence-corrected chi connectivity index (χ0v) is 9.33. The average molecular weight is 207 g/mol. The van der Waals surface area contributed by atoms with Crippen molar-refractivity contribution in [3.63, 3.8) is 0 Å². The Bertz CT molecular complexity index is 333. The first-order valence-corrected chi connectivity index (χ1v) is 5.65. The van der Waals surface area contributed by atoms with Crippen molar-refractivity contribution in [3.05, 3.63) is 35.6 Å². The van der Waals surface area contributed by atoms with Crippen molar-refractivity contribution < 1.29 is 4.39 Å². The summed E-state index contributed by atoms with van der Waals surface area (Å²) < 4.78 is 13.6. The fourth-order valence-corrected chi connectivity index (χ4v) is 2.32. The molecule has 2 unspecified atom stereocenters. The largest absolute Gasteiger partial charge is 0.313 e. The van der Waals surface area contributed by atoms with E-state index in [9.17, 15) is 4.39 Å². The molecule has 0 heterocycles. The summed E-state index contributed by atoms with van der Waals surface area (Å²) in [6, 6.07) is 7.23. The van der Waals surface area contributed by atoms with Gasteiger partial charge in [-0.05, 0) is 37.8 Å². The molecule has 15 heavy (non-hydrogen) atoms. The lowest BCUT2D eigenvalue weighted by molar-refractivity contribution is 0.358. The molecule has 1 N–H and O–H groups in total. The Morgan fingerprint density at radius 2 is 2.00 bits per heavy atom. The fourth-order valence-electron chi connectivity index (χ4n) is 2.32. The maximum Gasteiger partial charge on any atom is 0.127 e. The van der Waals surface area contributed by atoms with E-state index in [1.807, 2.05) is 19.2 Å². The lowest BCUT2D eigenvalue weighted by Crippen LogP contribution is -2.25. The topological polar surface area (TPSA) is 12.0 Å². The van der Waals surface area contributed by atoms with Crippen LogP contribution in [0.15, 0.2) is 24.3 Å². The molecular weight excluding hydrogens is 189 g/mol. The molecule has 0 amide bonds. The highest BCUT2D eigenvalue weighted by molar-refractivity contribution is 5.22. The quantitative estimate of drug-likeness (QED) is 0.799. The van der Waals surface area contributed by atoms with Crippen LogP contribution in [0.5, 0.6) is 0 Å². The summed E-state index contributed by atoms with van der Waals surface area (Å²) in [5, 5.41) is 3.24. The normalized spacial score (nSPS) is 19.9. The molecule has 1 aliphatic rings. The second-order valence-electron chi connectivity index (χ2n) is 4.48. The number of rotatable bonds is 4. The lowest BCUT2D eigenvalue weighted by Gasteiger charge is -2.24. The first-order valence-electron chi connectivity index (χ1n) is 5.65. The predicted molar refractivity (Wildman–Crippen MR) is 60.1 cm³/mol. The van der Waals surface area contributed by atoms with Crippen molar-refractivity contribution in [1.29, 1.82) is 0 Å². The molecule has 1 nitrogen and oxygen atoms in total. The third-order valence-corrected chi connectivity index (χ3v) is 3.44. The summed E-state index contributed by atoms with van der Waals surface area (Å²) in [6.07, 6.45) is 2.60. The van der Waals surface area contributed by atoms with Gasteiger partial charge in [0.2, 0.25) is 0 Å². The van der Waals surface area contributed by atoms with Crippen LogP contribution in [0.4, 0.5) is 4.39 Å². The molecule has 2 atom stereocenters. The highest BCUT2D eigenvalue weighted by atomic mass is 19.1. The van der Waals surface area contributed by atoms with Crippen molar-refractivity contribution in [3.8, 4) is 0 Å². The van der Waals surface area contributed by atoms with Gasteiger partial charge in [-0.3, -0.25) is 0 Å². The summed E-state index contributed by atoms with van der Waals surface area (Å²) in [5.74, 6) is 1.21. The third-order valence-electron chi connectivity index (χ3n) is 3.44. The molecule has 0 aliphatic heterocycles. The van der Waals surface area contributed by atoms with E-state index in [0.29, 0.717) is 5.92 Å². The van der Waals surface area contributed by atoms with E-state index in [-0.39, 0.29) is 11.9 Å². The molecular formula is C13H18FN. The molecule has 82 valence electrons. The van der Waals surface area contributed by atoms with Gasteiger partial charge < -0.3 is 5.32 Å². The Morgan fingerprint density at radius 3 is 2.53 bits per heavy atom. The van der Waals surface area contributed by atoms with Crippen LogP contribution in [0.1, 0.15) is 31.4 Å². The lowest BCUT2D eigenvalue weighted by atomic mass is 9.90. The number of halogens is 1. The van der Waals surface area contributed by atoms with Crippen LogP contribution in [-0.4, -0.2) is 7.05 Å². The minimum Gasteiger partial charge on any atom is -0.313 e. The zero-order valence-electron chi connectivity index (χ0n) is 9.33. The number of benzene rings is 1. The van der Waals surface area contributed by atoms with Crippen molar-refractivity contribution >= 4 is 0 Å². The molecule has 2 rings (SSSR count). The van der Waals surface area contributed by atoms with Gasteiger partial charge in [-0.25, -0.2) is 4.39 Å². The molecule has 0 radical (unpaired) electrons. The van der Waals surface area contributed by atoms with E-state index in [0.717, 1.165) is 11.5 Å². The van der Waals surface area contributed by atoms with Gasteiger partial charge in [-0.1, -0.05) is 25.1 Å². The Balaban J connectivity index is 2.21. The smallest absolute Gasteiger partial charge is 0.127 e. The number of hydrogen-bond donors (Lipinski definition) is 1. The molecule has 1 aliphatic carbocycles. The maximum atomic E-state index is 13.6. The average Bonchev–Trinajstić information content (AvgIpc) is 3.05. The maximum absolute atomic E-state index is 13.6. The molecule has 0 spiro atoms. The summed E-state index contributed by atoms with van der Waals surface area (Å²) in [7, 11) is 1.91. The molecule has 1 aromatic carbocycles. The summed E-state index contributed by atoms with van der Waals surface area (Å²) in [4.78, 5) is 0. The van der Waals surface area contributed by atoms with Crippen molar-refractivity contribution in [2.75, 3.05) is 7.05 Å². The Hall–Kier alpha value is -0.890. The third kappa shape index (κ3) is 2.20. The molecule has 1 fully saturated rings. The van der Waals surface area contributed by atoms with Crippen LogP contribution >= 0.6 is 0 Å². The van der Waals surface area contributed by atoms with Gasteiger partial charge >= 0.3 is 0 Å². The van der Waals surface area contributed by atoms with Crippen molar-refractivity contribution in [1.82, 2.24) is 5.32 Å². The second-order valence-corrected chi connectivity index (χ2v) is 4.48. The monoisotopic (exact) mass is 207 g/mol. The molecule has 0 bridgehead atoms. The minimum absolute atomic E-state index is 0.0932. The Morgan fingerprint density at radius 1 is 1.33 bits per heavy atom. The van der Waals surface area contributed by atoms with Crippen LogP contribution in [0.3, 0.4) is 0 Å². The van der Waals surface area contributed by atoms with Crippen molar-refractivity contribution in [2.45, 2.75) is 25.8 Å². The summed E-state index contributed by atoms with van der Waals surface area (Å²) in [5.41, 5.74) is 0.805. The molecule has 0 aromatic heterocycles. The Kier molecular flexibility index (Phi) is 3.06. The van der Waals surface area contributed by atoms with Crippen LogP contribution in [0.25, 0.3) is 0 Å². The minimum atomic E-state index is -0.0932. The van der Waals surface area contributed by atoms with E-state index in [1.54, 1.807) is 12.1 Å². The SMILES string of the molecule is CNC(c1ccccc1F)C(C)C1CC1. The van der Waals surface area contributed by atoms with E-state index in [1.165, 1.54) is 12.8 Å². The van der Waals surface area contributed by atoms with E-state index in [4.69, 9.17) is 0 Å². The summed E-state index contributed by atoms with van der Waals surface area (Å²) in [6.45, 7) is 2.21. The zero-order chi connectivity index (χ0) is 10.8. The van der Waals surface area contributed by atoms with E-state index in [2.05, 4.69) is 12.2 Å². The molecule has 1 saturated carbocycles. The molecule has 2 heteroatoms. The first-order chi connectivity index (χ1) is 7.24. The highest BCUT2D eigenvalue weighted by Crippen LogP contribution is 2.42. The predicted octanol–water partition coefficient (Wildman–Crippen LogP) is 3.13. The van der Waals surface area contributed by atoms with Crippen molar-refractivity contribution in [2.24, 2.45) is 11.8 Å². The highest BCUT2D eigenvalue weighted by Gasteiger charge is 2.34. The van der Waals surface area contributed by atoms with Gasteiger partial charge in [0.25, 0.3) is 0 Å². The van der Waals surface area contributed by atoms with E-state index < -0.39 is 0 Å². The molecule has 1 aromatic rings. The van der Waals surface area contributed by atoms with Gasteiger partial charge in [-0.2, -0.15) is 0 Å². The standard InChI is InChI=1S/C13H18FN/c1-9(10-7-8-10)13(15-2)11-5-3-4-6-12(11)14/h3-6,9-10,13,15H,7-8H2,1-2H3. The van der Waals surface area contributed by atoms with E-state index >= 15 is 0 Å². The first kappa shape index (κ1) is 10.6. The van der Waals surface area contributed by atoms with Crippen LogP contribution in [-0.2, 0) is 0 Å². The molecule has 0 saturated heterocycles. The van der Waals surface area contributed by atoms with Gasteiger partial charge in [-0.15, -0.1) is 0 Å². The Labute approximate surface area is 90.7 Å². The fraction of sp³-hybridized carbons (Fsp3) is 0.538. The summed E-state index contributed by atoms with van der Waals surface area (Å²) >= 11 is 0. The number of hydrogen-bond acceptors (Lipinski definition) is 1. The van der Waals surface area contributed by atoms with Crippen LogP contribution < -0.4 is 5.32 Å². The van der Waals surface area contributed by atoms with Gasteiger partial charge in [0.15, 0.2) is 0 Å². The van der Waals surface area contributed by atoms with Gasteiger partial charge in [0, 0.05) is 11.6 Å². The second kappa shape index (κ2) is 4.31. The van der Waals surface area contributed by atoms with Gasteiger partial charge in [0.05, 0.1) is 0 Å². The van der Waals surface area contributed by atoms with Gasteiger partial charge in [0.1, 0.15) is 5.82 Å². The van der Waals surface area contributed by atoms with Crippen LogP contribution in [0, 0.1) is 17.7 Å². The number of nitrogens with one attached hydrogen (secondary N) is 1.